The smallest absolute Gasteiger partial charge is 0.240 e. The van der Waals surface area contributed by atoms with E-state index < -0.39 is 10.0 Å². The number of methoxy groups -OCH3 is 1. The van der Waals surface area contributed by atoms with Gasteiger partial charge in [0.2, 0.25) is 15.9 Å². The topological polar surface area (TPSA) is 84.5 Å². The van der Waals surface area contributed by atoms with Crippen LogP contribution in [0.5, 0.6) is 5.75 Å². The van der Waals surface area contributed by atoms with Crippen LogP contribution in [0.4, 0.5) is 5.69 Å². The Morgan fingerprint density at radius 3 is 2.59 bits per heavy atom. The van der Waals surface area contributed by atoms with Gasteiger partial charge in [0.1, 0.15) is 5.75 Å². The quantitative estimate of drug-likeness (QED) is 0.764. The minimum atomic E-state index is -3.63. The minimum absolute atomic E-state index is 0.0282. The van der Waals surface area contributed by atoms with Crippen LogP contribution in [0.25, 0.3) is 0 Å². The molecule has 2 N–H and O–H groups in total. The van der Waals surface area contributed by atoms with Crippen molar-refractivity contribution in [2.24, 2.45) is 0 Å². The zero-order valence-corrected chi connectivity index (χ0v) is 16.1. The lowest BCUT2D eigenvalue weighted by Crippen LogP contribution is -2.28. The lowest BCUT2D eigenvalue weighted by Gasteiger charge is -2.16. The number of hydrogen-bond donors (Lipinski definition) is 2. The molecule has 7 heteroatoms. The van der Waals surface area contributed by atoms with E-state index in [2.05, 4.69) is 10.0 Å². The van der Waals surface area contributed by atoms with Crippen molar-refractivity contribution in [3.8, 4) is 5.75 Å². The predicted molar refractivity (Wildman–Crippen MR) is 105 cm³/mol. The molecular formula is C20H24N2O4S. The van der Waals surface area contributed by atoms with Crippen LogP contribution in [0.2, 0.25) is 0 Å². The van der Waals surface area contributed by atoms with Gasteiger partial charge in [0.25, 0.3) is 0 Å². The number of aryl methyl sites for hydroxylation is 2. The summed E-state index contributed by atoms with van der Waals surface area (Å²) < 4.78 is 32.7. The van der Waals surface area contributed by atoms with Crippen LogP contribution in [-0.4, -0.2) is 28.0 Å². The van der Waals surface area contributed by atoms with Gasteiger partial charge in [-0.1, -0.05) is 18.2 Å². The minimum Gasteiger partial charge on any atom is -0.495 e. The van der Waals surface area contributed by atoms with Gasteiger partial charge in [0, 0.05) is 13.0 Å². The molecule has 0 radical (unpaired) electrons. The van der Waals surface area contributed by atoms with Crippen LogP contribution in [-0.2, 0) is 27.7 Å². The van der Waals surface area contributed by atoms with Gasteiger partial charge < -0.3 is 10.1 Å². The average molecular weight is 388 g/mol. The highest BCUT2D eigenvalue weighted by molar-refractivity contribution is 7.89. The molecule has 1 aliphatic carbocycles. The van der Waals surface area contributed by atoms with Crippen molar-refractivity contribution in [3.05, 3.63) is 53.6 Å². The number of ether oxygens (including phenoxy) is 1. The normalized spacial score (nSPS) is 13.7. The number of benzene rings is 2. The van der Waals surface area contributed by atoms with E-state index in [1.165, 1.54) is 12.7 Å². The van der Waals surface area contributed by atoms with Gasteiger partial charge in [-0.05, 0) is 61.1 Å². The van der Waals surface area contributed by atoms with Gasteiger partial charge in [-0.2, -0.15) is 0 Å². The Hall–Kier alpha value is -2.38. The molecule has 1 amide bonds. The molecule has 0 fully saturated rings. The number of fused-ring (bicyclic) bond motifs is 1. The third-order valence-electron chi connectivity index (χ3n) is 4.66. The number of carbonyl (C=O) groups is 1. The zero-order valence-electron chi connectivity index (χ0n) is 15.3. The van der Waals surface area contributed by atoms with Gasteiger partial charge in [0.05, 0.1) is 17.7 Å². The lowest BCUT2D eigenvalue weighted by atomic mass is 9.92. The number of amides is 1. The summed E-state index contributed by atoms with van der Waals surface area (Å²) in [6.07, 6.45) is 4.19. The number of sulfonamides is 1. The molecule has 1 aliphatic rings. The molecule has 0 saturated heterocycles. The van der Waals surface area contributed by atoms with Crippen molar-refractivity contribution < 1.29 is 17.9 Å². The molecule has 0 atom stereocenters. The molecular weight excluding hydrogens is 364 g/mol. The second-order valence-corrected chi connectivity index (χ2v) is 8.30. The van der Waals surface area contributed by atoms with Crippen LogP contribution < -0.4 is 14.8 Å². The molecule has 0 saturated carbocycles. The van der Waals surface area contributed by atoms with Crippen molar-refractivity contribution in [1.82, 2.24) is 4.72 Å². The second-order valence-electron chi connectivity index (χ2n) is 6.53. The SMILES string of the molecule is COc1ccccc1NC(=O)CCNS(=O)(=O)c1ccc2c(c1)CCCC2. The van der Waals surface area contributed by atoms with E-state index in [-0.39, 0.29) is 23.8 Å². The monoisotopic (exact) mass is 388 g/mol. The Morgan fingerprint density at radius 2 is 1.81 bits per heavy atom. The maximum Gasteiger partial charge on any atom is 0.240 e. The number of rotatable bonds is 7. The Balaban J connectivity index is 1.57. The molecule has 6 nitrogen and oxygen atoms in total. The molecule has 2 aromatic rings. The summed E-state index contributed by atoms with van der Waals surface area (Å²) in [5.74, 6) is 0.271. The summed E-state index contributed by atoms with van der Waals surface area (Å²) >= 11 is 0. The highest BCUT2D eigenvalue weighted by atomic mass is 32.2. The van der Waals surface area contributed by atoms with Gasteiger partial charge in [-0.3, -0.25) is 4.79 Å². The van der Waals surface area contributed by atoms with Gasteiger partial charge >= 0.3 is 0 Å². The number of carbonyl (C=O) groups excluding carboxylic acids is 1. The average Bonchev–Trinajstić information content (AvgIpc) is 2.68. The van der Waals surface area contributed by atoms with E-state index in [1.807, 2.05) is 6.07 Å². The molecule has 0 spiro atoms. The fourth-order valence-corrected chi connectivity index (χ4v) is 4.30. The molecule has 2 aromatic carbocycles. The second kappa shape index (κ2) is 8.54. The predicted octanol–water partition coefficient (Wildman–Crippen LogP) is 2.88. The molecule has 0 heterocycles. The third-order valence-corrected chi connectivity index (χ3v) is 6.11. The summed E-state index contributed by atoms with van der Waals surface area (Å²) in [7, 11) is -2.10. The first-order chi connectivity index (χ1) is 13.0. The van der Waals surface area contributed by atoms with Crippen LogP contribution >= 0.6 is 0 Å². The van der Waals surface area contributed by atoms with E-state index in [0.717, 1.165) is 31.2 Å². The highest BCUT2D eigenvalue weighted by Gasteiger charge is 2.18. The van der Waals surface area contributed by atoms with Gasteiger partial charge in [-0.15, -0.1) is 0 Å². The lowest BCUT2D eigenvalue weighted by molar-refractivity contribution is -0.116. The zero-order chi connectivity index (χ0) is 19.3. The molecule has 27 heavy (non-hydrogen) atoms. The van der Waals surface area contributed by atoms with E-state index in [4.69, 9.17) is 4.74 Å². The largest absolute Gasteiger partial charge is 0.495 e. The van der Waals surface area contributed by atoms with Crippen molar-refractivity contribution in [1.29, 1.82) is 0 Å². The van der Waals surface area contributed by atoms with Gasteiger partial charge in [0.15, 0.2) is 0 Å². The van der Waals surface area contributed by atoms with Crippen molar-refractivity contribution in [3.63, 3.8) is 0 Å². The molecule has 144 valence electrons. The standard InChI is InChI=1S/C20H24N2O4S/c1-26-19-9-5-4-8-18(19)22-20(23)12-13-21-27(24,25)17-11-10-15-6-2-3-7-16(15)14-17/h4-5,8-11,14,21H,2-3,6-7,12-13H2,1H3,(H,22,23). The van der Waals surface area contributed by atoms with Crippen LogP contribution in [0.15, 0.2) is 47.4 Å². The van der Waals surface area contributed by atoms with Crippen molar-refractivity contribution in [2.45, 2.75) is 37.0 Å². The number of nitrogens with one attached hydrogen (secondary N) is 2. The Bertz CT molecular complexity index is 925. The first-order valence-electron chi connectivity index (χ1n) is 9.04. The fourth-order valence-electron chi connectivity index (χ4n) is 3.22. The van der Waals surface area contributed by atoms with E-state index >= 15 is 0 Å². The summed E-state index contributed by atoms with van der Waals surface area (Å²) in [4.78, 5) is 12.4. The molecule has 0 bridgehead atoms. The highest BCUT2D eigenvalue weighted by Crippen LogP contribution is 2.24. The van der Waals surface area contributed by atoms with Crippen molar-refractivity contribution in [2.75, 3.05) is 19.0 Å². The van der Waals surface area contributed by atoms with Crippen LogP contribution in [0.3, 0.4) is 0 Å². The summed E-state index contributed by atoms with van der Waals surface area (Å²) in [5.41, 5.74) is 2.90. The molecule has 0 aliphatic heterocycles. The number of anilines is 1. The Kier molecular flexibility index (Phi) is 6.13. The number of hydrogen-bond acceptors (Lipinski definition) is 4. The molecule has 0 unspecified atom stereocenters. The fraction of sp³-hybridized carbons (Fsp3) is 0.350. The van der Waals surface area contributed by atoms with Gasteiger partial charge in [-0.25, -0.2) is 13.1 Å². The molecule has 3 rings (SSSR count). The summed E-state index contributed by atoms with van der Waals surface area (Å²) in [6, 6.07) is 12.4. The van der Waals surface area contributed by atoms with E-state index in [1.54, 1.807) is 36.4 Å². The first kappa shape index (κ1) is 19.4. The van der Waals surface area contributed by atoms with Crippen LogP contribution in [0.1, 0.15) is 30.4 Å². The van der Waals surface area contributed by atoms with Crippen molar-refractivity contribution >= 4 is 21.6 Å². The third kappa shape index (κ3) is 4.87. The Labute approximate surface area is 160 Å². The summed E-state index contributed by atoms with van der Waals surface area (Å²) in [6.45, 7) is 0.0282. The number of para-hydroxylation sites is 2. The van der Waals surface area contributed by atoms with Crippen LogP contribution in [0, 0.1) is 0 Å². The Morgan fingerprint density at radius 1 is 1.07 bits per heavy atom. The first-order valence-corrected chi connectivity index (χ1v) is 10.5. The van der Waals surface area contributed by atoms with E-state index in [0.29, 0.717) is 11.4 Å². The van der Waals surface area contributed by atoms with E-state index in [9.17, 15) is 13.2 Å². The molecule has 0 aromatic heterocycles. The maximum atomic E-state index is 12.5. The maximum absolute atomic E-state index is 12.5. The summed E-state index contributed by atoms with van der Waals surface area (Å²) in [5, 5.41) is 2.73.